The van der Waals surface area contributed by atoms with Crippen LogP contribution < -0.4 is 4.74 Å². The molecule has 0 spiro atoms. The number of H-pyrrole nitrogens is 1. The Morgan fingerprint density at radius 3 is 2.95 bits per heavy atom. The number of aromatic amines is 1. The van der Waals surface area contributed by atoms with Crippen molar-refractivity contribution < 1.29 is 28.5 Å². The predicted octanol–water partition coefficient (Wildman–Crippen LogP) is 0.945. The molecule has 1 saturated heterocycles. The van der Waals surface area contributed by atoms with Crippen molar-refractivity contribution in [2.75, 3.05) is 13.2 Å². The van der Waals surface area contributed by atoms with Crippen molar-refractivity contribution in [3.63, 3.8) is 0 Å². The number of aliphatic hydroxyl groups is 2. The lowest BCUT2D eigenvalue weighted by Crippen LogP contribution is -2.36. The van der Waals surface area contributed by atoms with Crippen LogP contribution in [0.2, 0.25) is 0 Å². The van der Waals surface area contributed by atoms with Crippen LogP contribution in [0.15, 0.2) is 6.07 Å². The second-order valence-corrected chi connectivity index (χ2v) is 5.70. The van der Waals surface area contributed by atoms with Crippen molar-refractivity contribution in [3.8, 4) is 6.01 Å². The lowest BCUT2D eigenvalue weighted by molar-refractivity contribution is -0.00390. The highest BCUT2D eigenvalue weighted by molar-refractivity contribution is 14.1. The molecule has 2 heterocycles. The summed E-state index contributed by atoms with van der Waals surface area (Å²) in [6, 6.07) is 1.08. The fourth-order valence-electron chi connectivity index (χ4n) is 2.15. The average molecular weight is 412 g/mol. The zero-order chi connectivity index (χ0) is 15.1. The first kappa shape index (κ1) is 14.9. The van der Waals surface area contributed by atoms with Gasteiger partial charge in [0.05, 0.1) is 22.3 Å². The molecule has 0 aliphatic carbocycles. The third kappa shape index (κ3) is 2.58. The molecule has 2 aromatic rings. The van der Waals surface area contributed by atoms with Crippen LogP contribution in [0.25, 0.3) is 11.0 Å². The highest BCUT2D eigenvalue weighted by atomic mass is 127. The van der Waals surface area contributed by atoms with Crippen molar-refractivity contribution in [2.24, 2.45) is 0 Å². The van der Waals surface area contributed by atoms with Gasteiger partial charge in [0.1, 0.15) is 23.5 Å². The first-order valence-electron chi connectivity index (χ1n) is 6.11. The molecular weight excluding hydrogens is 401 g/mol. The van der Waals surface area contributed by atoms with Crippen LogP contribution in [0.5, 0.6) is 6.01 Å². The van der Waals surface area contributed by atoms with E-state index in [4.69, 9.17) is 14.6 Å². The summed E-state index contributed by atoms with van der Waals surface area (Å²) in [6.45, 7) is -0.267. The molecule has 3 atom stereocenters. The van der Waals surface area contributed by atoms with Gasteiger partial charge >= 0.3 is 0 Å². The lowest BCUT2D eigenvalue weighted by atomic mass is 10.1. The summed E-state index contributed by atoms with van der Waals surface area (Å²) < 4.78 is 37.7. The van der Waals surface area contributed by atoms with Gasteiger partial charge in [-0.1, -0.05) is 0 Å². The Hall–Kier alpha value is -1.04. The van der Waals surface area contributed by atoms with Crippen molar-refractivity contribution in [2.45, 2.75) is 18.3 Å². The summed E-state index contributed by atoms with van der Waals surface area (Å²) >= 11 is 1.55. The van der Waals surface area contributed by atoms with E-state index in [9.17, 15) is 13.9 Å². The topological polar surface area (TPSA) is 87.6 Å². The summed E-state index contributed by atoms with van der Waals surface area (Å²) in [5, 5.41) is 18.8. The van der Waals surface area contributed by atoms with Gasteiger partial charge in [-0.2, -0.15) is 4.98 Å². The standard InChI is InChI=1S/C12H11F2IN2O4/c13-4-1-5-10(8(14)9(4)15)17-12(16-5)21-7-3-20-6(2-18)11(7)19/h1,6-7,11,18-19H,2-3H2,(H,16,17)/t6-,7-,11-/m1/s1. The molecule has 1 aromatic heterocycles. The van der Waals surface area contributed by atoms with Gasteiger partial charge < -0.3 is 24.7 Å². The Bertz CT molecular complexity index is 681. The Morgan fingerprint density at radius 2 is 2.29 bits per heavy atom. The first-order chi connectivity index (χ1) is 10.0. The van der Waals surface area contributed by atoms with E-state index in [1.54, 1.807) is 22.6 Å². The molecule has 0 amide bonds. The number of rotatable bonds is 3. The Kier molecular flexibility index (Phi) is 3.99. The molecular formula is C12H11F2IN2O4. The quantitative estimate of drug-likeness (QED) is 0.516. The predicted molar refractivity (Wildman–Crippen MR) is 76.0 cm³/mol. The van der Waals surface area contributed by atoms with Gasteiger partial charge in [-0.15, -0.1) is 0 Å². The Morgan fingerprint density at radius 1 is 1.52 bits per heavy atom. The molecule has 0 bridgehead atoms. The Labute approximate surface area is 131 Å². The maximum absolute atomic E-state index is 13.9. The zero-order valence-corrected chi connectivity index (χ0v) is 12.7. The molecule has 1 aliphatic heterocycles. The second kappa shape index (κ2) is 5.63. The molecule has 0 saturated carbocycles. The maximum Gasteiger partial charge on any atom is 0.295 e. The second-order valence-electron chi connectivity index (χ2n) is 4.63. The first-order valence-corrected chi connectivity index (χ1v) is 7.19. The number of aliphatic hydroxyl groups excluding tert-OH is 2. The highest BCUT2D eigenvalue weighted by Crippen LogP contribution is 2.27. The molecule has 6 nitrogen and oxygen atoms in total. The van der Waals surface area contributed by atoms with Crippen LogP contribution >= 0.6 is 22.6 Å². The van der Waals surface area contributed by atoms with Gasteiger partial charge in [-0.25, -0.2) is 8.78 Å². The third-order valence-electron chi connectivity index (χ3n) is 3.27. The fourth-order valence-corrected chi connectivity index (χ4v) is 2.56. The lowest BCUT2D eigenvalue weighted by Gasteiger charge is -2.15. The number of nitrogens with zero attached hydrogens (tertiary/aromatic N) is 1. The summed E-state index contributed by atoms with van der Waals surface area (Å²) in [5.74, 6) is -1.46. The van der Waals surface area contributed by atoms with Gasteiger partial charge in [-0.3, -0.25) is 0 Å². The zero-order valence-electron chi connectivity index (χ0n) is 10.5. The van der Waals surface area contributed by atoms with Gasteiger partial charge in [0.25, 0.3) is 6.01 Å². The van der Waals surface area contributed by atoms with E-state index >= 15 is 0 Å². The number of ether oxygens (including phenoxy) is 2. The van der Waals surface area contributed by atoms with Gasteiger partial charge in [0.15, 0.2) is 11.9 Å². The number of aromatic nitrogens is 2. The summed E-state index contributed by atoms with van der Waals surface area (Å²) in [4.78, 5) is 6.55. The molecule has 1 aliphatic rings. The molecule has 0 radical (unpaired) electrons. The highest BCUT2D eigenvalue weighted by Gasteiger charge is 2.37. The van der Waals surface area contributed by atoms with E-state index in [2.05, 4.69) is 9.97 Å². The molecule has 3 rings (SSSR count). The van der Waals surface area contributed by atoms with Gasteiger partial charge in [-0.05, 0) is 22.6 Å². The van der Waals surface area contributed by atoms with E-state index in [-0.39, 0.29) is 33.8 Å². The largest absolute Gasteiger partial charge is 0.456 e. The molecule has 3 N–H and O–H groups in total. The van der Waals surface area contributed by atoms with Crippen molar-refractivity contribution >= 4 is 33.6 Å². The van der Waals surface area contributed by atoms with Crippen LogP contribution in [0.3, 0.4) is 0 Å². The monoisotopic (exact) mass is 412 g/mol. The minimum Gasteiger partial charge on any atom is -0.456 e. The minimum absolute atomic E-state index is 0.0390. The van der Waals surface area contributed by atoms with Crippen LogP contribution in [0.1, 0.15) is 0 Å². The molecule has 1 fully saturated rings. The van der Waals surface area contributed by atoms with Crippen LogP contribution in [-0.4, -0.2) is 51.7 Å². The average Bonchev–Trinajstić information content (AvgIpc) is 3.01. The summed E-state index contributed by atoms with van der Waals surface area (Å²) in [7, 11) is 0. The SMILES string of the molecule is OC[C@H]1OC[C@@H](Oc2nc3c(F)c(I)c(F)cc3[nH]2)[C@@H]1O. The van der Waals surface area contributed by atoms with E-state index in [0.29, 0.717) is 0 Å². The number of hydrogen-bond acceptors (Lipinski definition) is 5. The number of fused-ring (bicyclic) bond motifs is 1. The van der Waals surface area contributed by atoms with Crippen molar-refractivity contribution in [3.05, 3.63) is 21.3 Å². The molecule has 9 heteroatoms. The van der Waals surface area contributed by atoms with E-state index in [0.717, 1.165) is 6.07 Å². The van der Waals surface area contributed by atoms with Gasteiger partial charge in [0.2, 0.25) is 0 Å². The van der Waals surface area contributed by atoms with E-state index in [1.165, 1.54) is 0 Å². The van der Waals surface area contributed by atoms with E-state index < -0.39 is 29.9 Å². The van der Waals surface area contributed by atoms with Crippen LogP contribution in [0, 0.1) is 15.2 Å². The summed E-state index contributed by atoms with van der Waals surface area (Å²) in [6.07, 6.45) is -2.49. The molecule has 21 heavy (non-hydrogen) atoms. The van der Waals surface area contributed by atoms with Crippen LogP contribution in [-0.2, 0) is 4.74 Å². The molecule has 114 valence electrons. The number of halogens is 3. The molecule has 0 unspecified atom stereocenters. The smallest absolute Gasteiger partial charge is 0.295 e. The molecule has 1 aromatic carbocycles. The van der Waals surface area contributed by atoms with Crippen molar-refractivity contribution in [1.29, 1.82) is 0 Å². The van der Waals surface area contributed by atoms with Crippen LogP contribution in [0.4, 0.5) is 8.78 Å². The number of nitrogens with one attached hydrogen (secondary N) is 1. The Balaban J connectivity index is 1.87. The number of imidazole rings is 1. The normalized spacial score (nSPS) is 25.7. The fraction of sp³-hybridized carbons (Fsp3) is 0.417. The number of benzene rings is 1. The summed E-state index contributed by atoms with van der Waals surface area (Å²) in [5.41, 5.74) is 0.121. The minimum atomic E-state index is -1.02. The van der Waals surface area contributed by atoms with Gasteiger partial charge in [0, 0.05) is 6.07 Å². The van der Waals surface area contributed by atoms with Crippen molar-refractivity contribution in [1.82, 2.24) is 9.97 Å². The third-order valence-corrected chi connectivity index (χ3v) is 4.26. The van der Waals surface area contributed by atoms with E-state index in [1.807, 2.05) is 0 Å². The number of hydrogen-bond donors (Lipinski definition) is 3. The maximum atomic E-state index is 13.9.